The second-order valence-corrected chi connectivity index (χ2v) is 5.58. The highest BCUT2D eigenvalue weighted by Gasteiger charge is 2.27. The largest absolute Gasteiger partial charge is 0.478 e. The lowest BCUT2D eigenvalue weighted by Gasteiger charge is -2.23. The van der Waals surface area contributed by atoms with Gasteiger partial charge in [0.15, 0.2) is 11.9 Å². The molecular weight excluding hydrogens is 316 g/mol. The summed E-state index contributed by atoms with van der Waals surface area (Å²) in [5, 5.41) is 4.27. The van der Waals surface area contributed by atoms with Crippen molar-refractivity contribution in [2.24, 2.45) is 10.9 Å². The first-order valence-corrected chi connectivity index (χ1v) is 7.56. The molecular formula is C17H15ClN2O3. The van der Waals surface area contributed by atoms with Gasteiger partial charge in [0.2, 0.25) is 0 Å². The molecule has 1 aliphatic heterocycles. The summed E-state index contributed by atoms with van der Waals surface area (Å²) in [7, 11) is 0. The van der Waals surface area contributed by atoms with Crippen LogP contribution >= 0.6 is 11.6 Å². The van der Waals surface area contributed by atoms with E-state index in [1.165, 1.54) is 0 Å². The normalized spacial score (nSPS) is 17.1. The zero-order chi connectivity index (χ0) is 16.2. The molecule has 0 aromatic heterocycles. The van der Waals surface area contributed by atoms with Crippen LogP contribution in [0.2, 0.25) is 5.02 Å². The molecule has 118 valence electrons. The van der Waals surface area contributed by atoms with Crippen LogP contribution in [0, 0.1) is 0 Å². The number of ether oxygens (including phenoxy) is 1. The van der Waals surface area contributed by atoms with Crippen molar-refractivity contribution in [1.29, 1.82) is 0 Å². The number of nitrogens with zero attached hydrogens (tertiary/aromatic N) is 1. The Kier molecular flexibility index (Phi) is 4.48. The highest BCUT2D eigenvalue weighted by molar-refractivity contribution is 6.30. The van der Waals surface area contributed by atoms with E-state index in [-0.39, 0.29) is 5.84 Å². The fourth-order valence-corrected chi connectivity index (χ4v) is 2.44. The van der Waals surface area contributed by atoms with Crippen LogP contribution in [0.15, 0.2) is 53.7 Å². The van der Waals surface area contributed by atoms with Crippen molar-refractivity contribution in [3.8, 4) is 5.75 Å². The summed E-state index contributed by atoms with van der Waals surface area (Å²) in [4.78, 5) is 17.0. The van der Waals surface area contributed by atoms with Crippen LogP contribution in [0.5, 0.6) is 5.75 Å². The lowest BCUT2D eigenvalue weighted by atomic mass is 10.0. The highest BCUT2D eigenvalue weighted by Crippen LogP contribution is 2.27. The molecule has 2 N–H and O–H groups in total. The third-order valence-corrected chi connectivity index (χ3v) is 3.81. The number of aryl methyl sites for hydroxylation is 1. The van der Waals surface area contributed by atoms with E-state index in [0.29, 0.717) is 22.8 Å². The van der Waals surface area contributed by atoms with Crippen LogP contribution in [0.1, 0.15) is 17.5 Å². The first-order chi connectivity index (χ1) is 11.1. The fraction of sp³-hybridized carbons (Fsp3) is 0.176. The quantitative estimate of drug-likeness (QED) is 0.406. The van der Waals surface area contributed by atoms with E-state index in [2.05, 4.69) is 5.16 Å². The molecule has 2 aromatic rings. The minimum absolute atomic E-state index is 0.103. The number of para-hydroxylation sites is 1. The van der Waals surface area contributed by atoms with E-state index in [9.17, 15) is 4.79 Å². The van der Waals surface area contributed by atoms with Crippen molar-refractivity contribution < 1.29 is 14.4 Å². The fourth-order valence-electron chi connectivity index (χ4n) is 2.32. The Morgan fingerprint density at radius 2 is 1.96 bits per heavy atom. The van der Waals surface area contributed by atoms with E-state index in [1.807, 2.05) is 24.3 Å². The monoisotopic (exact) mass is 330 g/mol. The number of hydrogen-bond acceptors (Lipinski definition) is 4. The Morgan fingerprint density at radius 1 is 1.22 bits per heavy atom. The number of oxime groups is 1. The summed E-state index contributed by atoms with van der Waals surface area (Å²) < 4.78 is 5.65. The summed E-state index contributed by atoms with van der Waals surface area (Å²) in [6.45, 7) is 0. The van der Waals surface area contributed by atoms with Gasteiger partial charge in [-0.2, -0.15) is 0 Å². The predicted octanol–water partition coefficient (Wildman–Crippen LogP) is 2.90. The summed E-state index contributed by atoms with van der Waals surface area (Å²) >= 11 is 5.80. The average Bonchev–Trinajstić information content (AvgIpc) is 2.59. The van der Waals surface area contributed by atoms with Crippen LogP contribution in [0.3, 0.4) is 0 Å². The zero-order valence-electron chi connectivity index (χ0n) is 12.2. The Balaban J connectivity index is 1.63. The summed E-state index contributed by atoms with van der Waals surface area (Å²) in [6, 6.07) is 14.4. The molecule has 3 rings (SSSR count). The summed E-state index contributed by atoms with van der Waals surface area (Å²) in [5.74, 6) is 0.248. The van der Waals surface area contributed by atoms with Crippen molar-refractivity contribution >= 4 is 23.4 Å². The third kappa shape index (κ3) is 3.63. The summed E-state index contributed by atoms with van der Waals surface area (Å²) in [5.41, 5.74) is 7.49. The topological polar surface area (TPSA) is 73.9 Å². The molecule has 0 radical (unpaired) electrons. The van der Waals surface area contributed by atoms with Crippen molar-refractivity contribution in [3.63, 3.8) is 0 Å². The van der Waals surface area contributed by atoms with Gasteiger partial charge in [0.1, 0.15) is 5.75 Å². The molecule has 0 saturated heterocycles. The van der Waals surface area contributed by atoms with Gasteiger partial charge in [-0.25, -0.2) is 4.79 Å². The van der Waals surface area contributed by atoms with Crippen molar-refractivity contribution in [2.75, 3.05) is 0 Å². The van der Waals surface area contributed by atoms with Crippen LogP contribution < -0.4 is 10.5 Å². The molecule has 0 amide bonds. The number of halogens is 1. The van der Waals surface area contributed by atoms with Gasteiger partial charge in [0.25, 0.3) is 0 Å². The second kappa shape index (κ2) is 6.71. The summed E-state index contributed by atoms with van der Waals surface area (Å²) in [6.07, 6.45) is 0.630. The molecule has 0 spiro atoms. The minimum atomic E-state index is -0.674. The number of carbonyl (C=O) groups is 1. The van der Waals surface area contributed by atoms with E-state index in [4.69, 9.17) is 26.9 Å². The molecule has 23 heavy (non-hydrogen) atoms. The maximum Gasteiger partial charge on any atom is 0.375 e. The van der Waals surface area contributed by atoms with Crippen molar-refractivity contribution in [3.05, 3.63) is 64.7 Å². The molecule has 0 bridgehead atoms. The predicted molar refractivity (Wildman–Crippen MR) is 87.4 cm³/mol. The molecule has 0 aliphatic carbocycles. The SMILES string of the molecule is N/C(=N\OC(=O)[C@@H]1CCc2ccccc2O1)c1ccc(Cl)cc1. The number of amidine groups is 1. The Labute approximate surface area is 138 Å². The van der Waals surface area contributed by atoms with Crippen LogP contribution in [0.4, 0.5) is 0 Å². The molecule has 2 aromatic carbocycles. The number of hydrogen-bond donors (Lipinski definition) is 1. The smallest absolute Gasteiger partial charge is 0.375 e. The molecule has 1 atom stereocenters. The molecule has 1 heterocycles. The first kappa shape index (κ1) is 15.4. The minimum Gasteiger partial charge on any atom is -0.478 e. The standard InChI is InChI=1S/C17H15ClN2O3/c18-13-8-5-12(6-9-13)16(19)20-23-17(21)15-10-7-11-3-1-2-4-14(11)22-15/h1-6,8-9,15H,7,10H2,(H2,19,20)/t15-/m0/s1. The van der Waals surface area contributed by atoms with Crippen LogP contribution in [0.25, 0.3) is 0 Å². The van der Waals surface area contributed by atoms with Crippen molar-refractivity contribution in [2.45, 2.75) is 18.9 Å². The molecule has 5 nitrogen and oxygen atoms in total. The molecule has 1 aliphatic rings. The van der Waals surface area contributed by atoms with E-state index >= 15 is 0 Å². The van der Waals surface area contributed by atoms with Crippen molar-refractivity contribution in [1.82, 2.24) is 0 Å². The molecule has 0 saturated carbocycles. The molecule has 0 fully saturated rings. The van der Waals surface area contributed by atoms with Gasteiger partial charge in [0.05, 0.1) is 0 Å². The van der Waals surface area contributed by atoms with Crippen LogP contribution in [-0.2, 0) is 16.1 Å². The van der Waals surface area contributed by atoms with Gasteiger partial charge in [-0.05, 0) is 48.7 Å². The van der Waals surface area contributed by atoms with Gasteiger partial charge in [-0.3, -0.25) is 0 Å². The maximum atomic E-state index is 12.1. The number of benzene rings is 2. The van der Waals surface area contributed by atoms with Gasteiger partial charge in [-0.15, -0.1) is 0 Å². The van der Waals surface area contributed by atoms with Gasteiger partial charge >= 0.3 is 5.97 Å². The zero-order valence-corrected chi connectivity index (χ0v) is 13.0. The van der Waals surface area contributed by atoms with E-state index in [0.717, 1.165) is 12.0 Å². The van der Waals surface area contributed by atoms with Gasteiger partial charge < -0.3 is 15.3 Å². The average molecular weight is 331 g/mol. The highest BCUT2D eigenvalue weighted by atomic mass is 35.5. The Bertz CT molecular complexity index is 744. The lowest BCUT2D eigenvalue weighted by Crippen LogP contribution is -2.32. The Hall–Kier alpha value is -2.53. The number of carbonyl (C=O) groups excluding carboxylic acids is 1. The number of rotatable bonds is 3. The first-order valence-electron chi connectivity index (χ1n) is 7.18. The van der Waals surface area contributed by atoms with Crippen LogP contribution in [-0.4, -0.2) is 17.9 Å². The van der Waals surface area contributed by atoms with E-state index < -0.39 is 12.1 Å². The van der Waals surface area contributed by atoms with Gasteiger partial charge in [0, 0.05) is 10.6 Å². The maximum absolute atomic E-state index is 12.1. The molecule has 6 heteroatoms. The second-order valence-electron chi connectivity index (χ2n) is 5.15. The van der Waals surface area contributed by atoms with E-state index in [1.54, 1.807) is 24.3 Å². The number of fused-ring (bicyclic) bond motifs is 1. The third-order valence-electron chi connectivity index (χ3n) is 3.55. The van der Waals surface area contributed by atoms with Gasteiger partial charge in [-0.1, -0.05) is 35.0 Å². The number of nitrogens with two attached hydrogens (primary N) is 1. The Morgan fingerprint density at radius 3 is 2.74 bits per heavy atom. The lowest BCUT2D eigenvalue weighted by molar-refractivity contribution is -0.152. The molecule has 0 unspecified atom stereocenters.